The lowest BCUT2D eigenvalue weighted by atomic mass is 9.93. The van der Waals surface area contributed by atoms with Gasteiger partial charge < -0.3 is 0 Å². The Morgan fingerprint density at radius 1 is 0.462 bits per heavy atom. The summed E-state index contributed by atoms with van der Waals surface area (Å²) in [7, 11) is 0. The maximum atomic E-state index is 4.75. The number of pyridine rings is 2. The van der Waals surface area contributed by atoms with Gasteiger partial charge in [0.15, 0.2) is 0 Å². The predicted octanol–water partition coefficient (Wildman–Crippen LogP) is 9.78. The Bertz CT molecular complexity index is 1820. The van der Waals surface area contributed by atoms with E-state index in [-0.39, 0.29) is 0 Å². The van der Waals surface area contributed by atoms with Crippen LogP contribution in [0, 0.1) is 0 Å². The summed E-state index contributed by atoms with van der Waals surface area (Å²) in [5.74, 6) is 0. The second-order valence-electron chi connectivity index (χ2n) is 9.49. The van der Waals surface area contributed by atoms with Crippen LogP contribution in [0.3, 0.4) is 0 Å². The van der Waals surface area contributed by atoms with Crippen LogP contribution in [0.4, 0.5) is 0 Å². The van der Waals surface area contributed by atoms with Crippen molar-refractivity contribution in [3.63, 3.8) is 0 Å². The number of benzene rings is 4. The van der Waals surface area contributed by atoms with Gasteiger partial charge in [-0.1, -0.05) is 103 Å². The third-order valence-corrected chi connectivity index (χ3v) is 8.24. The molecule has 0 radical (unpaired) electrons. The monoisotopic (exact) mass is 516 g/mol. The standard InChI is InChI=1S/C36H24N2S/c1-2-10-30-25(8-1)15-16-26-17-18-27(28-19-20-34(38-24-28)29-9-7-21-37-23-29)22-33(26)32-12-4-6-14-36(32)39-35-13-5-3-11-31(30)35/h1-24H. The molecule has 4 aromatic carbocycles. The normalized spacial score (nSPS) is 11.9. The molecule has 1 aliphatic heterocycles. The van der Waals surface area contributed by atoms with Gasteiger partial charge in [0.2, 0.25) is 0 Å². The maximum absolute atomic E-state index is 4.75. The Hall–Kier alpha value is -4.73. The van der Waals surface area contributed by atoms with Crippen molar-refractivity contribution in [1.82, 2.24) is 9.97 Å². The minimum atomic E-state index is 0.920. The van der Waals surface area contributed by atoms with E-state index in [2.05, 4.69) is 120 Å². The summed E-state index contributed by atoms with van der Waals surface area (Å²) in [6, 6.07) is 41.0. The molecule has 0 unspecified atom stereocenters. The SMILES string of the molecule is C1=Cc2ccc(-c3ccc(-c4cccnc4)nc3)cc2-c2ccccc2Sc2ccccc2-c2ccccc21. The maximum Gasteiger partial charge on any atom is 0.0717 e. The van der Waals surface area contributed by atoms with Crippen LogP contribution in [0.2, 0.25) is 0 Å². The van der Waals surface area contributed by atoms with E-state index in [0.29, 0.717) is 0 Å². The average molecular weight is 517 g/mol. The molecular formula is C36H24N2S. The highest BCUT2D eigenvalue weighted by Gasteiger charge is 2.16. The molecule has 0 saturated carbocycles. The Balaban J connectivity index is 1.38. The first-order valence-electron chi connectivity index (χ1n) is 13.0. The quantitative estimate of drug-likeness (QED) is 0.229. The summed E-state index contributed by atoms with van der Waals surface area (Å²) < 4.78 is 0. The van der Waals surface area contributed by atoms with Crippen molar-refractivity contribution in [2.24, 2.45) is 0 Å². The molecule has 3 heterocycles. The van der Waals surface area contributed by atoms with Crippen LogP contribution >= 0.6 is 11.8 Å². The fourth-order valence-corrected chi connectivity index (χ4v) is 6.21. The number of rotatable bonds is 2. The molecule has 1 aliphatic rings. The smallest absolute Gasteiger partial charge is 0.0717 e. The molecule has 7 rings (SSSR count). The highest BCUT2D eigenvalue weighted by atomic mass is 32.2. The van der Waals surface area contributed by atoms with Crippen molar-refractivity contribution in [2.45, 2.75) is 9.79 Å². The Kier molecular flexibility index (Phi) is 6.12. The highest BCUT2D eigenvalue weighted by Crippen LogP contribution is 2.44. The van der Waals surface area contributed by atoms with E-state index in [1.54, 1.807) is 6.20 Å². The van der Waals surface area contributed by atoms with Gasteiger partial charge in [-0.15, -0.1) is 0 Å². The lowest BCUT2D eigenvalue weighted by Crippen LogP contribution is -1.90. The van der Waals surface area contributed by atoms with E-state index in [4.69, 9.17) is 4.98 Å². The number of hydrogen-bond donors (Lipinski definition) is 0. The molecule has 0 spiro atoms. The molecule has 39 heavy (non-hydrogen) atoms. The van der Waals surface area contributed by atoms with Gasteiger partial charge in [-0.3, -0.25) is 9.97 Å². The van der Waals surface area contributed by atoms with Crippen LogP contribution in [0.25, 0.3) is 56.8 Å². The molecule has 2 aromatic heterocycles. The molecule has 0 fully saturated rings. The van der Waals surface area contributed by atoms with Crippen LogP contribution < -0.4 is 0 Å². The molecule has 3 heteroatoms. The van der Waals surface area contributed by atoms with Gasteiger partial charge in [0.25, 0.3) is 0 Å². The third-order valence-electron chi connectivity index (χ3n) is 7.09. The van der Waals surface area contributed by atoms with Gasteiger partial charge >= 0.3 is 0 Å². The van der Waals surface area contributed by atoms with E-state index in [1.807, 2.05) is 36.3 Å². The molecular weight excluding hydrogens is 492 g/mol. The second-order valence-corrected chi connectivity index (χ2v) is 10.6. The van der Waals surface area contributed by atoms with Crippen LogP contribution in [0.1, 0.15) is 11.1 Å². The van der Waals surface area contributed by atoms with Crippen LogP contribution in [-0.2, 0) is 0 Å². The molecule has 0 atom stereocenters. The summed E-state index contributed by atoms with van der Waals surface area (Å²) in [6.07, 6.45) is 10.1. The van der Waals surface area contributed by atoms with Crippen LogP contribution in [-0.4, -0.2) is 9.97 Å². The molecule has 0 saturated heterocycles. The van der Waals surface area contributed by atoms with E-state index in [0.717, 1.165) is 22.4 Å². The van der Waals surface area contributed by atoms with Crippen molar-refractivity contribution in [3.05, 3.63) is 145 Å². The molecule has 0 aliphatic carbocycles. The van der Waals surface area contributed by atoms with E-state index >= 15 is 0 Å². The minimum absolute atomic E-state index is 0.920. The summed E-state index contributed by atoms with van der Waals surface area (Å²) >= 11 is 1.83. The molecule has 2 nitrogen and oxygen atoms in total. The lowest BCUT2D eigenvalue weighted by molar-refractivity contribution is 1.28. The summed E-state index contributed by atoms with van der Waals surface area (Å²) in [6.45, 7) is 0. The van der Waals surface area contributed by atoms with Crippen molar-refractivity contribution in [2.75, 3.05) is 0 Å². The van der Waals surface area contributed by atoms with Gasteiger partial charge in [-0.25, -0.2) is 0 Å². The fourth-order valence-electron chi connectivity index (χ4n) is 5.11. The van der Waals surface area contributed by atoms with Gasteiger partial charge in [0.05, 0.1) is 5.69 Å². The molecule has 6 aromatic rings. The van der Waals surface area contributed by atoms with Crippen LogP contribution in [0.5, 0.6) is 0 Å². The minimum Gasteiger partial charge on any atom is -0.264 e. The van der Waals surface area contributed by atoms with Gasteiger partial charge in [0, 0.05) is 39.5 Å². The summed E-state index contributed by atoms with van der Waals surface area (Å²) in [4.78, 5) is 11.5. The Labute approximate surface area is 232 Å². The summed E-state index contributed by atoms with van der Waals surface area (Å²) in [5.41, 5.74) is 11.5. The number of fused-ring (bicyclic) bond motifs is 6. The zero-order valence-electron chi connectivity index (χ0n) is 21.2. The highest BCUT2D eigenvalue weighted by molar-refractivity contribution is 7.99. The number of aromatic nitrogens is 2. The van der Waals surface area contributed by atoms with Crippen molar-refractivity contribution in [3.8, 4) is 44.6 Å². The first-order chi connectivity index (χ1) is 19.3. The van der Waals surface area contributed by atoms with Gasteiger partial charge in [-0.2, -0.15) is 0 Å². The second kappa shape index (κ2) is 10.2. The third kappa shape index (κ3) is 4.58. The van der Waals surface area contributed by atoms with E-state index < -0.39 is 0 Å². The molecule has 184 valence electrons. The van der Waals surface area contributed by atoms with Crippen molar-refractivity contribution < 1.29 is 0 Å². The van der Waals surface area contributed by atoms with E-state index in [9.17, 15) is 0 Å². The van der Waals surface area contributed by atoms with Gasteiger partial charge in [-0.05, 0) is 75.3 Å². The average Bonchev–Trinajstić information content (AvgIpc) is 3.03. The zero-order valence-corrected chi connectivity index (χ0v) is 22.0. The molecule has 0 amide bonds. The first-order valence-corrected chi connectivity index (χ1v) is 13.8. The topological polar surface area (TPSA) is 25.8 Å². The van der Waals surface area contributed by atoms with Crippen LogP contribution in [0.15, 0.2) is 144 Å². The number of hydrogen-bond acceptors (Lipinski definition) is 3. The van der Waals surface area contributed by atoms with E-state index in [1.165, 1.54) is 43.2 Å². The zero-order chi connectivity index (χ0) is 26.0. The molecule has 0 N–H and O–H groups in total. The van der Waals surface area contributed by atoms with Crippen molar-refractivity contribution in [1.29, 1.82) is 0 Å². The fraction of sp³-hybridized carbons (Fsp3) is 0. The Morgan fingerprint density at radius 2 is 1.13 bits per heavy atom. The first kappa shape index (κ1) is 23.4. The number of nitrogens with zero attached hydrogens (tertiary/aromatic N) is 2. The van der Waals surface area contributed by atoms with Gasteiger partial charge in [0.1, 0.15) is 0 Å². The van der Waals surface area contributed by atoms with Crippen molar-refractivity contribution >= 4 is 23.9 Å². The lowest BCUT2D eigenvalue weighted by Gasteiger charge is -2.15. The largest absolute Gasteiger partial charge is 0.264 e. The summed E-state index contributed by atoms with van der Waals surface area (Å²) in [5, 5.41) is 0. The Morgan fingerprint density at radius 3 is 1.85 bits per heavy atom. The predicted molar refractivity (Wildman–Crippen MR) is 163 cm³/mol. The molecule has 0 bridgehead atoms.